The number of hydrogen-bond acceptors (Lipinski definition) is 2. The third-order valence-electron chi connectivity index (χ3n) is 3.71. The van der Waals surface area contributed by atoms with E-state index in [0.717, 1.165) is 11.6 Å². The Morgan fingerprint density at radius 1 is 1.28 bits per heavy atom. The Balaban J connectivity index is 2.05. The van der Waals surface area contributed by atoms with E-state index < -0.39 is 0 Å². The maximum absolute atomic E-state index is 6.10. The van der Waals surface area contributed by atoms with Crippen LogP contribution in [0.25, 0.3) is 0 Å². The number of methoxy groups -OCH3 is 1. The van der Waals surface area contributed by atoms with E-state index in [4.69, 9.17) is 10.5 Å². The Kier molecular flexibility index (Phi) is 4.24. The van der Waals surface area contributed by atoms with Gasteiger partial charge < -0.3 is 10.5 Å². The highest BCUT2D eigenvalue weighted by Crippen LogP contribution is 2.27. The molecular formula is C15H22N2O. The largest absolute Gasteiger partial charge is 0.497 e. The first-order chi connectivity index (χ1) is 8.70. The lowest BCUT2D eigenvalue weighted by molar-refractivity contribution is 0.414. The van der Waals surface area contributed by atoms with Gasteiger partial charge in [0.1, 0.15) is 5.75 Å². The average Bonchev–Trinajstić information content (AvgIpc) is 2.92. The first-order valence-corrected chi connectivity index (χ1v) is 6.68. The predicted octanol–water partition coefficient (Wildman–Crippen LogP) is 3.30. The molecule has 2 N–H and O–H groups in total. The van der Waals surface area contributed by atoms with E-state index in [1.165, 1.54) is 31.2 Å². The van der Waals surface area contributed by atoms with Crippen LogP contribution in [0.4, 0.5) is 0 Å². The number of ether oxygens (including phenoxy) is 1. The van der Waals surface area contributed by atoms with E-state index in [0.29, 0.717) is 5.92 Å². The molecule has 1 aromatic carbocycles. The quantitative estimate of drug-likeness (QED) is 0.654. The topological polar surface area (TPSA) is 47.6 Å². The van der Waals surface area contributed by atoms with Crippen LogP contribution < -0.4 is 10.5 Å². The van der Waals surface area contributed by atoms with Gasteiger partial charge in [-0.2, -0.15) is 0 Å². The van der Waals surface area contributed by atoms with Crippen molar-refractivity contribution in [3.05, 3.63) is 29.8 Å². The molecule has 0 aromatic heterocycles. The van der Waals surface area contributed by atoms with E-state index >= 15 is 0 Å². The first-order valence-electron chi connectivity index (χ1n) is 6.68. The molecule has 1 fully saturated rings. The SMILES string of the molecule is COc1ccc(C(C)N=C(N)C2CCCC2)cc1. The zero-order chi connectivity index (χ0) is 13.0. The molecular weight excluding hydrogens is 224 g/mol. The van der Waals surface area contributed by atoms with E-state index in [2.05, 4.69) is 24.0 Å². The summed E-state index contributed by atoms with van der Waals surface area (Å²) in [5, 5.41) is 0. The molecule has 2 rings (SSSR count). The molecule has 3 nitrogen and oxygen atoms in total. The molecule has 0 aliphatic heterocycles. The van der Waals surface area contributed by atoms with Gasteiger partial charge in [-0.15, -0.1) is 0 Å². The summed E-state index contributed by atoms with van der Waals surface area (Å²) in [7, 11) is 1.68. The molecule has 1 atom stereocenters. The van der Waals surface area contributed by atoms with Crippen molar-refractivity contribution >= 4 is 5.84 Å². The van der Waals surface area contributed by atoms with Crippen LogP contribution in [0.5, 0.6) is 5.75 Å². The highest BCUT2D eigenvalue weighted by Gasteiger charge is 2.19. The smallest absolute Gasteiger partial charge is 0.118 e. The molecule has 98 valence electrons. The molecule has 1 unspecified atom stereocenters. The summed E-state index contributed by atoms with van der Waals surface area (Å²) in [5.74, 6) is 2.21. The van der Waals surface area contributed by atoms with Crippen molar-refractivity contribution in [2.75, 3.05) is 7.11 Å². The molecule has 1 aromatic rings. The molecule has 0 bridgehead atoms. The molecule has 0 amide bonds. The fourth-order valence-electron chi connectivity index (χ4n) is 2.51. The second-order valence-corrected chi connectivity index (χ2v) is 4.98. The minimum atomic E-state index is 0.122. The van der Waals surface area contributed by atoms with Gasteiger partial charge in [-0.05, 0) is 37.5 Å². The van der Waals surface area contributed by atoms with Crippen LogP contribution in [0.3, 0.4) is 0 Å². The highest BCUT2D eigenvalue weighted by molar-refractivity contribution is 5.83. The highest BCUT2D eigenvalue weighted by atomic mass is 16.5. The number of benzene rings is 1. The summed E-state index contributed by atoms with van der Waals surface area (Å²) in [6, 6.07) is 8.15. The molecule has 3 heteroatoms. The normalized spacial score (nSPS) is 18.9. The molecule has 0 saturated heterocycles. The number of aliphatic imine (C=N–C) groups is 1. The predicted molar refractivity (Wildman–Crippen MR) is 75.0 cm³/mol. The van der Waals surface area contributed by atoms with E-state index in [1.807, 2.05) is 12.1 Å². The second kappa shape index (κ2) is 5.89. The average molecular weight is 246 g/mol. The van der Waals surface area contributed by atoms with Gasteiger partial charge in [0.05, 0.1) is 19.0 Å². The second-order valence-electron chi connectivity index (χ2n) is 4.98. The van der Waals surface area contributed by atoms with Crippen molar-refractivity contribution in [2.24, 2.45) is 16.6 Å². The van der Waals surface area contributed by atoms with Gasteiger partial charge in [0.25, 0.3) is 0 Å². The standard InChI is InChI=1S/C15H22N2O/c1-11(12-7-9-14(18-2)10-8-12)17-15(16)13-5-3-4-6-13/h7-11,13H,3-6H2,1-2H3,(H2,16,17). The lowest BCUT2D eigenvalue weighted by Crippen LogP contribution is -2.22. The van der Waals surface area contributed by atoms with Crippen molar-refractivity contribution in [3.8, 4) is 5.75 Å². The number of nitrogens with two attached hydrogens (primary N) is 1. The minimum absolute atomic E-state index is 0.122. The molecule has 0 heterocycles. The van der Waals surface area contributed by atoms with E-state index in [-0.39, 0.29) is 6.04 Å². The third kappa shape index (κ3) is 3.03. The van der Waals surface area contributed by atoms with Crippen molar-refractivity contribution in [1.82, 2.24) is 0 Å². The lowest BCUT2D eigenvalue weighted by Gasteiger charge is -2.13. The maximum atomic E-state index is 6.10. The Labute approximate surface area is 109 Å². The maximum Gasteiger partial charge on any atom is 0.118 e. The first kappa shape index (κ1) is 12.9. The Morgan fingerprint density at radius 3 is 2.44 bits per heavy atom. The van der Waals surface area contributed by atoms with Crippen LogP contribution in [-0.2, 0) is 0 Å². The summed E-state index contributed by atoms with van der Waals surface area (Å²) >= 11 is 0. The van der Waals surface area contributed by atoms with Crippen LogP contribution in [0.2, 0.25) is 0 Å². The summed E-state index contributed by atoms with van der Waals surface area (Å²) < 4.78 is 5.15. The van der Waals surface area contributed by atoms with Crippen LogP contribution in [-0.4, -0.2) is 12.9 Å². The van der Waals surface area contributed by atoms with Gasteiger partial charge in [-0.25, -0.2) is 0 Å². The van der Waals surface area contributed by atoms with Gasteiger partial charge in [-0.3, -0.25) is 4.99 Å². The summed E-state index contributed by atoms with van der Waals surface area (Å²) in [6.07, 6.45) is 4.98. The summed E-state index contributed by atoms with van der Waals surface area (Å²) in [4.78, 5) is 4.64. The van der Waals surface area contributed by atoms with Crippen LogP contribution in [0.1, 0.15) is 44.2 Å². The molecule has 1 aliphatic rings. The third-order valence-corrected chi connectivity index (χ3v) is 3.71. The number of hydrogen-bond donors (Lipinski definition) is 1. The van der Waals surface area contributed by atoms with Crippen molar-refractivity contribution in [3.63, 3.8) is 0 Å². The molecule has 1 aliphatic carbocycles. The van der Waals surface area contributed by atoms with Crippen LogP contribution >= 0.6 is 0 Å². The number of nitrogens with zero attached hydrogens (tertiary/aromatic N) is 1. The van der Waals surface area contributed by atoms with Crippen LogP contribution in [0, 0.1) is 5.92 Å². The Morgan fingerprint density at radius 2 is 1.89 bits per heavy atom. The Hall–Kier alpha value is -1.51. The van der Waals surface area contributed by atoms with Gasteiger partial charge >= 0.3 is 0 Å². The molecule has 0 spiro atoms. The Bertz CT molecular complexity index is 405. The zero-order valence-corrected chi connectivity index (χ0v) is 11.2. The van der Waals surface area contributed by atoms with Gasteiger partial charge in [0.2, 0.25) is 0 Å². The van der Waals surface area contributed by atoms with E-state index in [9.17, 15) is 0 Å². The lowest BCUT2D eigenvalue weighted by atomic mass is 10.1. The fraction of sp³-hybridized carbons (Fsp3) is 0.533. The van der Waals surface area contributed by atoms with Gasteiger partial charge in [0, 0.05) is 5.92 Å². The molecule has 1 saturated carbocycles. The molecule has 18 heavy (non-hydrogen) atoms. The van der Waals surface area contributed by atoms with Crippen LogP contribution in [0.15, 0.2) is 29.3 Å². The van der Waals surface area contributed by atoms with Gasteiger partial charge in [-0.1, -0.05) is 25.0 Å². The number of amidine groups is 1. The summed E-state index contributed by atoms with van der Waals surface area (Å²) in [6.45, 7) is 2.09. The van der Waals surface area contributed by atoms with Crippen molar-refractivity contribution in [2.45, 2.75) is 38.6 Å². The summed E-state index contributed by atoms with van der Waals surface area (Å²) in [5.41, 5.74) is 7.28. The zero-order valence-electron chi connectivity index (χ0n) is 11.2. The number of rotatable bonds is 4. The fourth-order valence-corrected chi connectivity index (χ4v) is 2.51. The van der Waals surface area contributed by atoms with Gasteiger partial charge in [0.15, 0.2) is 0 Å². The van der Waals surface area contributed by atoms with Crippen molar-refractivity contribution in [1.29, 1.82) is 0 Å². The molecule has 0 radical (unpaired) electrons. The minimum Gasteiger partial charge on any atom is -0.497 e. The monoisotopic (exact) mass is 246 g/mol. The van der Waals surface area contributed by atoms with Crippen molar-refractivity contribution < 1.29 is 4.74 Å². The van der Waals surface area contributed by atoms with E-state index in [1.54, 1.807) is 7.11 Å².